The Hall–Kier alpha value is -5.27. The number of rotatable bonds is 8. The molecule has 4 heterocycles. The van der Waals surface area contributed by atoms with Crippen LogP contribution in [0.25, 0.3) is 28.0 Å². The lowest BCUT2D eigenvalue weighted by Gasteiger charge is -2.22. The molecule has 2 aliphatic rings. The van der Waals surface area contributed by atoms with Crippen molar-refractivity contribution in [2.24, 2.45) is 0 Å². The van der Waals surface area contributed by atoms with Gasteiger partial charge in [-0.15, -0.1) is 0 Å². The van der Waals surface area contributed by atoms with Crippen LogP contribution in [0.3, 0.4) is 0 Å². The lowest BCUT2D eigenvalue weighted by Crippen LogP contribution is -2.39. The normalized spacial score (nSPS) is 15.9. The number of carbonyl (C=O) groups is 1. The van der Waals surface area contributed by atoms with Crippen LogP contribution in [0.5, 0.6) is 0 Å². The molecule has 3 N–H and O–H groups in total. The Morgan fingerprint density at radius 1 is 0.930 bits per heavy atom. The van der Waals surface area contributed by atoms with E-state index in [0.717, 1.165) is 22.5 Å². The maximum absolute atomic E-state index is 13.9. The molecule has 0 unspecified atom stereocenters. The molecule has 2 fully saturated rings. The van der Waals surface area contributed by atoms with Crippen molar-refractivity contribution in [1.29, 1.82) is 0 Å². The SMILES string of the molecule is O=C1NCCN1c1ccc(-c2ccc3nc(NCc4ccc(-n5cncn5)cc4)nc(NC4(C(F)(F)F)CC4)c3n2)cc1. The van der Waals surface area contributed by atoms with Crippen LogP contribution in [0.2, 0.25) is 0 Å². The molecule has 1 saturated heterocycles. The third-order valence-electron chi connectivity index (χ3n) is 7.59. The number of hydrogen-bond acceptors (Lipinski definition) is 8. The number of halogens is 3. The number of carbonyl (C=O) groups excluding carboxylic acids is 1. The molecule has 218 valence electrons. The van der Waals surface area contributed by atoms with E-state index in [2.05, 4.69) is 41.0 Å². The molecule has 5 aromatic rings. The van der Waals surface area contributed by atoms with Crippen LogP contribution in [0.15, 0.2) is 73.3 Å². The summed E-state index contributed by atoms with van der Waals surface area (Å²) < 4.78 is 43.5. The van der Waals surface area contributed by atoms with Crippen molar-refractivity contribution < 1.29 is 18.0 Å². The molecular formula is C29H25F3N10O. The first-order valence-corrected chi connectivity index (χ1v) is 13.7. The van der Waals surface area contributed by atoms with Crippen molar-refractivity contribution in [3.63, 3.8) is 0 Å². The van der Waals surface area contributed by atoms with Crippen LogP contribution in [-0.2, 0) is 6.54 Å². The van der Waals surface area contributed by atoms with E-state index in [0.29, 0.717) is 30.8 Å². The standard InChI is InChI=1S/C29H25F3N10O/c30-29(31,32)28(11-12-28)40-25-24-23(10-9-22(37-24)19-3-7-20(8-4-19)41-14-13-34-27(41)43)38-26(39-25)35-15-18-1-5-21(6-2-18)42-17-33-16-36-42/h1-10,16-17H,11-15H2,(H,34,43)(H2,35,38,39,40). The molecule has 1 aliphatic carbocycles. The van der Waals surface area contributed by atoms with E-state index >= 15 is 0 Å². The number of nitrogens with one attached hydrogen (secondary N) is 3. The lowest BCUT2D eigenvalue weighted by molar-refractivity contribution is -0.151. The topological polar surface area (TPSA) is 126 Å². The number of anilines is 3. The Morgan fingerprint density at radius 3 is 2.35 bits per heavy atom. The van der Waals surface area contributed by atoms with Gasteiger partial charge in [-0.1, -0.05) is 24.3 Å². The Labute approximate surface area is 243 Å². The molecule has 7 rings (SSSR count). The quantitative estimate of drug-likeness (QED) is 0.234. The van der Waals surface area contributed by atoms with Gasteiger partial charge in [0, 0.05) is 30.9 Å². The third-order valence-corrected chi connectivity index (χ3v) is 7.59. The first kappa shape index (κ1) is 26.6. The van der Waals surface area contributed by atoms with Gasteiger partial charge in [-0.3, -0.25) is 4.90 Å². The Balaban J connectivity index is 1.18. The smallest absolute Gasteiger partial charge is 0.354 e. The average Bonchev–Trinajstić information content (AvgIpc) is 3.39. The van der Waals surface area contributed by atoms with Crippen molar-refractivity contribution >= 4 is 34.5 Å². The minimum absolute atomic E-state index is 0.0102. The second kappa shape index (κ2) is 10.2. The predicted octanol–water partition coefficient (Wildman–Crippen LogP) is 4.92. The molecule has 0 radical (unpaired) electrons. The summed E-state index contributed by atoms with van der Waals surface area (Å²) in [6.45, 7) is 1.50. The monoisotopic (exact) mass is 586 g/mol. The fourth-order valence-electron chi connectivity index (χ4n) is 4.99. The van der Waals surface area contributed by atoms with Gasteiger partial charge in [0.05, 0.1) is 16.9 Å². The van der Waals surface area contributed by atoms with Gasteiger partial charge >= 0.3 is 12.2 Å². The molecule has 43 heavy (non-hydrogen) atoms. The zero-order valence-electron chi connectivity index (χ0n) is 22.6. The molecule has 1 aliphatic heterocycles. The van der Waals surface area contributed by atoms with Gasteiger partial charge in [0.15, 0.2) is 5.82 Å². The van der Waals surface area contributed by atoms with E-state index in [1.165, 1.54) is 6.33 Å². The highest BCUT2D eigenvalue weighted by Crippen LogP contribution is 2.51. The maximum Gasteiger partial charge on any atom is 0.411 e. The van der Waals surface area contributed by atoms with Crippen LogP contribution in [0.4, 0.5) is 35.4 Å². The summed E-state index contributed by atoms with van der Waals surface area (Å²) in [5, 5.41) is 12.7. The van der Waals surface area contributed by atoms with Crippen molar-refractivity contribution in [2.45, 2.75) is 31.1 Å². The van der Waals surface area contributed by atoms with Gasteiger partial charge in [-0.2, -0.15) is 23.3 Å². The van der Waals surface area contributed by atoms with Gasteiger partial charge in [-0.25, -0.2) is 24.4 Å². The van der Waals surface area contributed by atoms with Gasteiger partial charge in [0.1, 0.15) is 23.7 Å². The number of amides is 2. The van der Waals surface area contributed by atoms with E-state index in [-0.39, 0.29) is 36.2 Å². The summed E-state index contributed by atoms with van der Waals surface area (Å²) in [6, 6.07) is 18.2. The molecule has 0 bridgehead atoms. The van der Waals surface area contributed by atoms with Crippen molar-refractivity contribution in [3.8, 4) is 16.9 Å². The van der Waals surface area contributed by atoms with Crippen LogP contribution < -0.4 is 20.9 Å². The number of benzene rings is 2. The molecule has 3 aromatic heterocycles. The number of nitrogens with zero attached hydrogens (tertiary/aromatic N) is 7. The first-order valence-electron chi connectivity index (χ1n) is 13.7. The second-order valence-corrected chi connectivity index (χ2v) is 10.5. The second-order valence-electron chi connectivity index (χ2n) is 10.5. The minimum Gasteiger partial charge on any atom is -0.354 e. The molecule has 11 nitrogen and oxygen atoms in total. The lowest BCUT2D eigenvalue weighted by atomic mass is 10.1. The van der Waals surface area contributed by atoms with E-state index in [4.69, 9.17) is 0 Å². The largest absolute Gasteiger partial charge is 0.411 e. The van der Waals surface area contributed by atoms with Crippen LogP contribution in [-0.4, -0.2) is 60.6 Å². The summed E-state index contributed by atoms with van der Waals surface area (Å²) in [7, 11) is 0. The highest BCUT2D eigenvalue weighted by Gasteiger charge is 2.64. The number of pyridine rings is 1. The molecular weight excluding hydrogens is 561 g/mol. The summed E-state index contributed by atoms with van der Waals surface area (Å²) in [5.41, 5.74) is 2.38. The van der Waals surface area contributed by atoms with Crippen LogP contribution in [0.1, 0.15) is 18.4 Å². The van der Waals surface area contributed by atoms with E-state index in [1.807, 2.05) is 48.5 Å². The van der Waals surface area contributed by atoms with Gasteiger partial charge in [0.25, 0.3) is 0 Å². The summed E-state index contributed by atoms with van der Waals surface area (Å²) in [6.07, 6.45) is -1.49. The fraction of sp³-hybridized carbons (Fsp3) is 0.241. The molecule has 1 saturated carbocycles. The van der Waals surface area contributed by atoms with E-state index in [9.17, 15) is 18.0 Å². The zero-order valence-corrected chi connectivity index (χ0v) is 22.6. The van der Waals surface area contributed by atoms with Gasteiger partial charge in [-0.05, 0) is 54.8 Å². The minimum atomic E-state index is -4.45. The Bertz CT molecular complexity index is 1790. The third kappa shape index (κ3) is 5.15. The molecule has 0 atom stereocenters. The van der Waals surface area contributed by atoms with E-state index < -0.39 is 11.7 Å². The average molecular weight is 587 g/mol. The van der Waals surface area contributed by atoms with Gasteiger partial charge < -0.3 is 16.0 Å². The molecule has 2 aromatic carbocycles. The van der Waals surface area contributed by atoms with Crippen LogP contribution >= 0.6 is 0 Å². The zero-order chi connectivity index (χ0) is 29.6. The predicted molar refractivity (Wildman–Crippen MR) is 154 cm³/mol. The Morgan fingerprint density at radius 2 is 1.70 bits per heavy atom. The maximum atomic E-state index is 13.9. The number of alkyl halides is 3. The highest BCUT2D eigenvalue weighted by atomic mass is 19.4. The van der Waals surface area contributed by atoms with Gasteiger partial charge in [0.2, 0.25) is 5.95 Å². The number of aromatic nitrogens is 6. The summed E-state index contributed by atoms with van der Waals surface area (Å²) in [4.78, 5) is 31.3. The van der Waals surface area contributed by atoms with Crippen molar-refractivity contribution in [1.82, 2.24) is 35.0 Å². The molecule has 2 amide bonds. The number of fused-ring (bicyclic) bond motifs is 1. The number of hydrogen-bond donors (Lipinski definition) is 3. The Kier molecular flexibility index (Phi) is 6.33. The van der Waals surface area contributed by atoms with Crippen LogP contribution in [0, 0.1) is 0 Å². The summed E-state index contributed by atoms with van der Waals surface area (Å²) in [5.74, 6) is 0.187. The highest BCUT2D eigenvalue weighted by molar-refractivity contribution is 5.94. The fourth-order valence-corrected chi connectivity index (χ4v) is 4.99. The number of urea groups is 1. The van der Waals surface area contributed by atoms with Crippen molar-refractivity contribution in [3.05, 3.63) is 78.9 Å². The summed E-state index contributed by atoms with van der Waals surface area (Å²) >= 11 is 0. The van der Waals surface area contributed by atoms with Crippen molar-refractivity contribution in [2.75, 3.05) is 28.6 Å². The van der Waals surface area contributed by atoms with E-state index in [1.54, 1.807) is 28.0 Å². The molecule has 0 spiro atoms. The molecule has 14 heteroatoms. The first-order chi connectivity index (χ1) is 20.8.